The lowest BCUT2D eigenvalue weighted by atomic mass is 10.2. The Balaban J connectivity index is 1.99. The molecule has 1 aliphatic heterocycles. The van der Waals surface area contributed by atoms with Crippen molar-refractivity contribution < 1.29 is 23.9 Å². The van der Waals surface area contributed by atoms with Crippen molar-refractivity contribution in [2.75, 3.05) is 13.7 Å². The van der Waals surface area contributed by atoms with Gasteiger partial charge in [0, 0.05) is 19.4 Å². The fourth-order valence-electron chi connectivity index (χ4n) is 2.79. The molecule has 1 aliphatic rings. The van der Waals surface area contributed by atoms with Crippen LogP contribution in [0.3, 0.4) is 0 Å². The Kier molecular flexibility index (Phi) is 5.31. The third-order valence-corrected chi connectivity index (χ3v) is 5.13. The number of hydrogen-bond acceptors (Lipinski definition) is 6. The van der Waals surface area contributed by atoms with Gasteiger partial charge in [0.05, 0.1) is 22.9 Å². The summed E-state index contributed by atoms with van der Waals surface area (Å²) in [5.74, 6) is -1.76. The molecule has 0 saturated carbocycles. The molecular weight excluding hydrogens is 370 g/mol. The molecule has 140 valence electrons. The molecule has 1 fully saturated rings. The monoisotopic (exact) mass is 387 g/mol. The first-order valence-corrected chi connectivity index (χ1v) is 8.99. The summed E-state index contributed by atoms with van der Waals surface area (Å²) in [5.41, 5.74) is 1.18. The fourth-order valence-corrected chi connectivity index (χ4v) is 3.88. The van der Waals surface area contributed by atoms with Gasteiger partial charge in [0.15, 0.2) is 4.80 Å². The van der Waals surface area contributed by atoms with Crippen LogP contribution >= 0.6 is 11.3 Å². The van der Waals surface area contributed by atoms with E-state index in [1.165, 1.54) is 18.4 Å². The number of carbonyl (C=O) groups excluding carboxylic acids is 4. The quantitative estimate of drug-likeness (QED) is 0.437. The van der Waals surface area contributed by atoms with E-state index in [2.05, 4.69) is 11.6 Å². The lowest BCUT2D eigenvalue weighted by molar-refractivity contribution is -0.141. The maximum Gasteiger partial charge on any atom is 0.337 e. The molecule has 8 nitrogen and oxygen atoms in total. The van der Waals surface area contributed by atoms with Crippen molar-refractivity contribution in [1.29, 1.82) is 0 Å². The number of carbonyl (C=O) groups is 4. The third kappa shape index (κ3) is 3.72. The van der Waals surface area contributed by atoms with E-state index >= 15 is 0 Å². The fraction of sp³-hybridized carbons (Fsp3) is 0.278. The largest absolute Gasteiger partial charge is 0.465 e. The van der Waals surface area contributed by atoms with Gasteiger partial charge in [0.2, 0.25) is 11.8 Å². The van der Waals surface area contributed by atoms with Crippen LogP contribution in [0.15, 0.2) is 35.8 Å². The summed E-state index contributed by atoms with van der Waals surface area (Å²) in [5, 5.41) is 0. The molecule has 0 radical (unpaired) electrons. The number of methoxy groups -OCH3 is 1. The number of rotatable bonds is 5. The minimum atomic E-state index is -0.587. The van der Waals surface area contributed by atoms with E-state index in [0.717, 1.165) is 15.1 Å². The molecule has 3 rings (SSSR count). The highest BCUT2D eigenvalue weighted by Crippen LogP contribution is 2.20. The maximum absolute atomic E-state index is 12.3. The second-order valence-electron chi connectivity index (χ2n) is 5.84. The molecule has 9 heteroatoms. The smallest absolute Gasteiger partial charge is 0.337 e. The van der Waals surface area contributed by atoms with Crippen LogP contribution in [0.5, 0.6) is 0 Å². The molecule has 1 aromatic heterocycles. The number of nitrogens with zero attached hydrogens (tertiary/aromatic N) is 3. The molecule has 0 unspecified atom stereocenters. The second-order valence-corrected chi connectivity index (χ2v) is 6.85. The van der Waals surface area contributed by atoms with Crippen LogP contribution in [0.2, 0.25) is 0 Å². The van der Waals surface area contributed by atoms with Gasteiger partial charge < -0.3 is 9.30 Å². The van der Waals surface area contributed by atoms with Crippen molar-refractivity contribution in [2.24, 2.45) is 4.99 Å². The number of esters is 1. The molecule has 0 atom stereocenters. The molecule has 0 N–H and O–H groups in total. The van der Waals surface area contributed by atoms with E-state index in [-0.39, 0.29) is 31.2 Å². The number of imide groups is 1. The SMILES string of the molecule is C=CCn1c(=NC(=O)CN2C(=O)CCC2=O)sc2cc(C(=O)OC)ccc21. The molecule has 3 amide bonds. The topological polar surface area (TPSA) is 98.0 Å². The first-order chi connectivity index (χ1) is 12.9. The van der Waals surface area contributed by atoms with Gasteiger partial charge in [-0.1, -0.05) is 17.4 Å². The van der Waals surface area contributed by atoms with E-state index in [1.807, 2.05) is 0 Å². The van der Waals surface area contributed by atoms with Crippen molar-refractivity contribution in [1.82, 2.24) is 9.47 Å². The van der Waals surface area contributed by atoms with Crippen LogP contribution in [-0.4, -0.2) is 46.8 Å². The third-order valence-electron chi connectivity index (χ3n) is 4.08. The maximum atomic E-state index is 12.3. The Bertz CT molecular complexity index is 1020. The zero-order valence-corrected chi connectivity index (χ0v) is 15.5. The van der Waals surface area contributed by atoms with Gasteiger partial charge in [0.1, 0.15) is 6.54 Å². The molecule has 0 bridgehead atoms. The van der Waals surface area contributed by atoms with Crippen LogP contribution in [0.25, 0.3) is 10.2 Å². The molecule has 0 aliphatic carbocycles. The van der Waals surface area contributed by atoms with Crippen molar-refractivity contribution in [3.8, 4) is 0 Å². The van der Waals surface area contributed by atoms with Crippen LogP contribution in [-0.2, 0) is 25.7 Å². The van der Waals surface area contributed by atoms with E-state index in [4.69, 9.17) is 4.74 Å². The molecule has 2 heterocycles. The first kappa shape index (κ1) is 18.7. The van der Waals surface area contributed by atoms with Crippen LogP contribution in [0, 0.1) is 0 Å². The lowest BCUT2D eigenvalue weighted by Crippen LogP contribution is -2.34. The Labute approximate surface area is 158 Å². The number of fused-ring (bicyclic) bond motifs is 1. The van der Waals surface area contributed by atoms with Gasteiger partial charge in [0.25, 0.3) is 5.91 Å². The number of thiazole rings is 1. The van der Waals surface area contributed by atoms with Gasteiger partial charge >= 0.3 is 5.97 Å². The standard InChI is InChI=1S/C18H17N3O5S/c1-3-8-20-12-5-4-11(17(25)26-2)9-13(12)27-18(20)19-14(22)10-21-15(23)6-7-16(21)24/h3-5,9H,1,6-8,10H2,2H3. The van der Waals surface area contributed by atoms with E-state index in [1.54, 1.807) is 28.8 Å². The van der Waals surface area contributed by atoms with E-state index in [0.29, 0.717) is 16.9 Å². The zero-order chi connectivity index (χ0) is 19.6. The number of hydrogen-bond donors (Lipinski definition) is 0. The Morgan fingerprint density at radius 3 is 2.63 bits per heavy atom. The number of benzene rings is 1. The predicted molar refractivity (Wildman–Crippen MR) is 97.9 cm³/mol. The normalized spacial score (nSPS) is 14.9. The van der Waals surface area contributed by atoms with Gasteiger partial charge in [-0.05, 0) is 18.2 Å². The highest BCUT2D eigenvalue weighted by atomic mass is 32.1. The van der Waals surface area contributed by atoms with E-state index < -0.39 is 11.9 Å². The van der Waals surface area contributed by atoms with Crippen molar-refractivity contribution >= 4 is 45.2 Å². The summed E-state index contributed by atoms with van der Waals surface area (Å²) in [6.07, 6.45) is 1.92. The minimum Gasteiger partial charge on any atom is -0.465 e. The summed E-state index contributed by atoms with van der Waals surface area (Å²) in [6, 6.07) is 5.05. The lowest BCUT2D eigenvalue weighted by Gasteiger charge is -2.10. The minimum absolute atomic E-state index is 0.127. The summed E-state index contributed by atoms with van der Waals surface area (Å²) < 4.78 is 7.25. The molecular formula is C18H17N3O5S. The molecule has 27 heavy (non-hydrogen) atoms. The highest BCUT2D eigenvalue weighted by molar-refractivity contribution is 7.16. The Morgan fingerprint density at radius 1 is 1.30 bits per heavy atom. The van der Waals surface area contributed by atoms with Gasteiger partial charge in [-0.15, -0.1) is 6.58 Å². The Hall–Kier alpha value is -3.07. The molecule has 1 saturated heterocycles. The number of likely N-dealkylation sites (tertiary alicyclic amines) is 1. The second kappa shape index (κ2) is 7.67. The predicted octanol–water partition coefficient (Wildman–Crippen LogP) is 1.25. The zero-order valence-electron chi connectivity index (χ0n) is 14.6. The van der Waals surface area contributed by atoms with E-state index in [9.17, 15) is 19.2 Å². The molecule has 2 aromatic rings. The summed E-state index contributed by atoms with van der Waals surface area (Å²) >= 11 is 1.23. The highest BCUT2D eigenvalue weighted by Gasteiger charge is 2.30. The van der Waals surface area contributed by atoms with Crippen molar-refractivity contribution in [3.63, 3.8) is 0 Å². The van der Waals surface area contributed by atoms with Crippen molar-refractivity contribution in [2.45, 2.75) is 19.4 Å². The Morgan fingerprint density at radius 2 is 2.00 bits per heavy atom. The van der Waals surface area contributed by atoms with Crippen molar-refractivity contribution in [3.05, 3.63) is 41.2 Å². The van der Waals surface area contributed by atoms with Gasteiger partial charge in [-0.2, -0.15) is 4.99 Å². The molecule has 0 spiro atoms. The number of aromatic nitrogens is 1. The van der Waals surface area contributed by atoms with Crippen LogP contribution in [0.1, 0.15) is 23.2 Å². The van der Waals surface area contributed by atoms with Crippen LogP contribution in [0.4, 0.5) is 0 Å². The average Bonchev–Trinajstić information content (AvgIpc) is 3.15. The molecule has 1 aromatic carbocycles. The summed E-state index contributed by atoms with van der Waals surface area (Å²) in [7, 11) is 1.30. The summed E-state index contributed by atoms with van der Waals surface area (Å²) in [4.78, 5) is 52.8. The first-order valence-electron chi connectivity index (χ1n) is 8.18. The van der Waals surface area contributed by atoms with Gasteiger partial charge in [-0.25, -0.2) is 4.79 Å². The number of amides is 3. The average molecular weight is 387 g/mol. The number of allylic oxidation sites excluding steroid dienone is 1. The van der Waals surface area contributed by atoms with Crippen LogP contribution < -0.4 is 4.80 Å². The van der Waals surface area contributed by atoms with Gasteiger partial charge in [-0.3, -0.25) is 19.3 Å². The summed E-state index contributed by atoms with van der Waals surface area (Å²) in [6.45, 7) is 3.75. The number of ether oxygens (including phenoxy) is 1.